The Labute approximate surface area is 99.7 Å². The molecule has 0 aliphatic heterocycles. The lowest BCUT2D eigenvalue weighted by atomic mass is 10.2. The highest BCUT2D eigenvalue weighted by atomic mass is 16.4. The standard InChI is InChI=1S/C11H16N4O2/c1-9(16)15(6-4-11(12)14-17)8-10-3-2-5-13-7-10/h2-3,5,7,17H,4,6,8H2,1H3,(H2,12,14). The third-order valence-corrected chi connectivity index (χ3v) is 2.31. The van der Waals surface area contributed by atoms with Crippen LogP contribution in [0.5, 0.6) is 0 Å². The molecule has 0 fully saturated rings. The van der Waals surface area contributed by atoms with Gasteiger partial charge in [-0.05, 0) is 11.6 Å². The molecule has 6 nitrogen and oxygen atoms in total. The van der Waals surface area contributed by atoms with E-state index in [-0.39, 0.29) is 11.7 Å². The number of carbonyl (C=O) groups excluding carboxylic acids is 1. The monoisotopic (exact) mass is 236 g/mol. The second-order valence-electron chi connectivity index (χ2n) is 3.64. The number of hydrogen-bond donors (Lipinski definition) is 2. The molecule has 0 spiro atoms. The van der Waals surface area contributed by atoms with Gasteiger partial charge in [0.05, 0.1) is 0 Å². The van der Waals surface area contributed by atoms with E-state index < -0.39 is 0 Å². The normalized spacial score (nSPS) is 11.2. The van der Waals surface area contributed by atoms with Gasteiger partial charge in [0.25, 0.3) is 0 Å². The molecule has 1 rings (SSSR count). The molecule has 0 aliphatic rings. The summed E-state index contributed by atoms with van der Waals surface area (Å²) in [5, 5.41) is 11.3. The van der Waals surface area contributed by atoms with E-state index >= 15 is 0 Å². The third-order valence-electron chi connectivity index (χ3n) is 2.31. The summed E-state index contributed by atoms with van der Waals surface area (Å²) in [7, 11) is 0. The predicted octanol–water partition coefficient (Wildman–Crippen LogP) is 0.567. The largest absolute Gasteiger partial charge is 0.409 e. The first kappa shape index (κ1) is 13.0. The van der Waals surface area contributed by atoms with Crippen LogP contribution in [0.1, 0.15) is 18.9 Å². The molecule has 92 valence electrons. The van der Waals surface area contributed by atoms with E-state index in [0.29, 0.717) is 19.5 Å². The predicted molar refractivity (Wildman–Crippen MR) is 63.4 cm³/mol. The molecule has 1 aromatic heterocycles. The molecule has 0 bridgehead atoms. The highest BCUT2D eigenvalue weighted by molar-refractivity contribution is 5.80. The number of aromatic nitrogens is 1. The van der Waals surface area contributed by atoms with Crippen LogP contribution in [0.25, 0.3) is 0 Å². The summed E-state index contributed by atoms with van der Waals surface area (Å²) < 4.78 is 0. The zero-order valence-corrected chi connectivity index (χ0v) is 9.71. The summed E-state index contributed by atoms with van der Waals surface area (Å²) in [6.07, 6.45) is 3.73. The first-order valence-corrected chi connectivity index (χ1v) is 5.24. The zero-order valence-electron chi connectivity index (χ0n) is 9.71. The maximum Gasteiger partial charge on any atom is 0.219 e. The average Bonchev–Trinajstić information content (AvgIpc) is 2.34. The van der Waals surface area contributed by atoms with E-state index in [4.69, 9.17) is 10.9 Å². The van der Waals surface area contributed by atoms with Gasteiger partial charge in [0, 0.05) is 38.8 Å². The summed E-state index contributed by atoms with van der Waals surface area (Å²) >= 11 is 0. The molecule has 0 aromatic carbocycles. The first-order chi connectivity index (χ1) is 8.13. The molecule has 17 heavy (non-hydrogen) atoms. The maximum atomic E-state index is 11.4. The number of hydrogen-bond acceptors (Lipinski definition) is 4. The summed E-state index contributed by atoms with van der Waals surface area (Å²) in [6.45, 7) is 2.38. The van der Waals surface area contributed by atoms with E-state index in [1.807, 2.05) is 12.1 Å². The van der Waals surface area contributed by atoms with Crippen molar-refractivity contribution in [1.82, 2.24) is 9.88 Å². The first-order valence-electron chi connectivity index (χ1n) is 5.24. The number of rotatable bonds is 5. The number of carbonyl (C=O) groups is 1. The summed E-state index contributed by atoms with van der Waals surface area (Å²) in [5.74, 6) is 0.0574. The van der Waals surface area contributed by atoms with E-state index in [9.17, 15) is 4.79 Å². The van der Waals surface area contributed by atoms with Crippen molar-refractivity contribution in [3.63, 3.8) is 0 Å². The SMILES string of the molecule is CC(=O)N(CCC(N)=NO)Cc1cccnc1. The molecule has 6 heteroatoms. The Kier molecular flexibility index (Phi) is 4.93. The van der Waals surface area contributed by atoms with Crippen molar-refractivity contribution in [2.75, 3.05) is 6.54 Å². The third kappa shape index (κ3) is 4.50. The minimum Gasteiger partial charge on any atom is -0.409 e. The van der Waals surface area contributed by atoms with Gasteiger partial charge in [-0.2, -0.15) is 0 Å². The van der Waals surface area contributed by atoms with Crippen molar-refractivity contribution < 1.29 is 10.0 Å². The fraction of sp³-hybridized carbons (Fsp3) is 0.364. The van der Waals surface area contributed by atoms with Crippen LogP contribution >= 0.6 is 0 Å². The Balaban J connectivity index is 2.58. The molecular weight excluding hydrogens is 220 g/mol. The smallest absolute Gasteiger partial charge is 0.219 e. The van der Waals surface area contributed by atoms with Gasteiger partial charge in [-0.1, -0.05) is 11.2 Å². The Bertz CT molecular complexity index is 392. The van der Waals surface area contributed by atoms with E-state index in [0.717, 1.165) is 5.56 Å². The van der Waals surface area contributed by atoms with Gasteiger partial charge < -0.3 is 15.8 Å². The minimum absolute atomic E-state index is 0.0559. The Hall–Kier alpha value is -2.11. The van der Waals surface area contributed by atoms with Gasteiger partial charge in [-0.25, -0.2) is 0 Å². The van der Waals surface area contributed by atoms with Crippen molar-refractivity contribution in [1.29, 1.82) is 0 Å². The molecule has 0 saturated carbocycles. The van der Waals surface area contributed by atoms with Gasteiger partial charge in [-0.15, -0.1) is 0 Å². The maximum absolute atomic E-state index is 11.4. The number of amidine groups is 1. The summed E-state index contributed by atoms with van der Waals surface area (Å²) in [5.41, 5.74) is 6.31. The van der Waals surface area contributed by atoms with Crippen LogP contribution in [-0.2, 0) is 11.3 Å². The van der Waals surface area contributed by atoms with Crippen LogP contribution < -0.4 is 5.73 Å². The second kappa shape index (κ2) is 6.47. The van der Waals surface area contributed by atoms with Crippen molar-refractivity contribution in [2.24, 2.45) is 10.9 Å². The quantitative estimate of drug-likeness (QED) is 0.338. The lowest BCUT2D eigenvalue weighted by molar-refractivity contribution is -0.129. The van der Waals surface area contributed by atoms with Crippen LogP contribution in [-0.4, -0.2) is 33.4 Å². The van der Waals surface area contributed by atoms with Crippen molar-refractivity contribution >= 4 is 11.7 Å². The van der Waals surface area contributed by atoms with Crippen LogP contribution in [0.15, 0.2) is 29.7 Å². The molecule has 0 radical (unpaired) electrons. The Morgan fingerprint density at radius 2 is 2.41 bits per heavy atom. The average molecular weight is 236 g/mol. The van der Waals surface area contributed by atoms with Crippen molar-refractivity contribution in [3.8, 4) is 0 Å². The minimum atomic E-state index is -0.0559. The van der Waals surface area contributed by atoms with Gasteiger partial charge in [-0.3, -0.25) is 9.78 Å². The van der Waals surface area contributed by atoms with Crippen LogP contribution in [0.3, 0.4) is 0 Å². The summed E-state index contributed by atoms with van der Waals surface area (Å²) in [6, 6.07) is 3.71. The fourth-order valence-electron chi connectivity index (χ4n) is 1.36. The van der Waals surface area contributed by atoms with E-state index in [1.54, 1.807) is 17.3 Å². The Morgan fingerprint density at radius 3 is 2.94 bits per heavy atom. The molecule has 0 unspecified atom stereocenters. The van der Waals surface area contributed by atoms with Crippen molar-refractivity contribution in [2.45, 2.75) is 19.9 Å². The topological polar surface area (TPSA) is 91.8 Å². The lowest BCUT2D eigenvalue weighted by Crippen LogP contribution is -2.31. The highest BCUT2D eigenvalue weighted by Crippen LogP contribution is 2.04. The highest BCUT2D eigenvalue weighted by Gasteiger charge is 2.10. The Morgan fingerprint density at radius 1 is 1.65 bits per heavy atom. The molecule has 1 amide bonds. The molecule has 1 aromatic rings. The van der Waals surface area contributed by atoms with Gasteiger partial charge in [0.2, 0.25) is 5.91 Å². The van der Waals surface area contributed by atoms with E-state index in [2.05, 4.69) is 10.1 Å². The molecule has 0 aliphatic carbocycles. The molecule has 0 atom stereocenters. The van der Waals surface area contributed by atoms with Gasteiger partial charge in [0.1, 0.15) is 5.84 Å². The molecule has 0 saturated heterocycles. The zero-order chi connectivity index (χ0) is 12.7. The number of pyridine rings is 1. The van der Waals surface area contributed by atoms with Crippen LogP contribution in [0.2, 0.25) is 0 Å². The van der Waals surface area contributed by atoms with Gasteiger partial charge in [0.15, 0.2) is 0 Å². The number of nitrogens with zero attached hydrogens (tertiary/aromatic N) is 3. The lowest BCUT2D eigenvalue weighted by Gasteiger charge is -2.20. The van der Waals surface area contributed by atoms with Crippen molar-refractivity contribution in [3.05, 3.63) is 30.1 Å². The number of nitrogens with two attached hydrogens (primary N) is 1. The number of oxime groups is 1. The number of amides is 1. The van der Waals surface area contributed by atoms with E-state index in [1.165, 1.54) is 6.92 Å². The summed E-state index contributed by atoms with van der Waals surface area (Å²) in [4.78, 5) is 17.0. The van der Waals surface area contributed by atoms with Crippen LogP contribution in [0, 0.1) is 0 Å². The molecule has 3 N–H and O–H groups in total. The molecule has 1 heterocycles. The van der Waals surface area contributed by atoms with Crippen LogP contribution in [0.4, 0.5) is 0 Å². The second-order valence-corrected chi connectivity index (χ2v) is 3.64. The van der Waals surface area contributed by atoms with Gasteiger partial charge >= 0.3 is 0 Å². The molecular formula is C11H16N4O2. The fourth-order valence-corrected chi connectivity index (χ4v) is 1.36.